The van der Waals surface area contributed by atoms with Gasteiger partial charge in [-0.25, -0.2) is 4.79 Å². The Hall–Kier alpha value is -2.57. The quantitative estimate of drug-likeness (QED) is 0.717. The molecule has 7 nitrogen and oxygen atoms in total. The van der Waals surface area contributed by atoms with Crippen molar-refractivity contribution >= 4 is 17.8 Å². The van der Waals surface area contributed by atoms with Crippen LogP contribution in [0.4, 0.5) is 4.79 Å². The van der Waals surface area contributed by atoms with Crippen LogP contribution < -0.4 is 10.6 Å². The molecule has 2 atom stereocenters. The van der Waals surface area contributed by atoms with Crippen molar-refractivity contribution in [3.8, 4) is 0 Å². The molecular formula is C23H36N4O3. The molecule has 1 aliphatic rings. The summed E-state index contributed by atoms with van der Waals surface area (Å²) < 4.78 is 0. The van der Waals surface area contributed by atoms with Gasteiger partial charge in [-0.1, -0.05) is 51.1 Å². The molecule has 0 unspecified atom stereocenters. The predicted molar refractivity (Wildman–Crippen MR) is 118 cm³/mol. The lowest BCUT2D eigenvalue weighted by molar-refractivity contribution is -0.134. The molecule has 0 bridgehead atoms. The van der Waals surface area contributed by atoms with Crippen LogP contribution in [0.25, 0.3) is 0 Å². The molecule has 1 aromatic carbocycles. The molecule has 4 amide bonds. The van der Waals surface area contributed by atoms with E-state index < -0.39 is 18.1 Å². The van der Waals surface area contributed by atoms with Gasteiger partial charge in [0.15, 0.2) is 0 Å². The van der Waals surface area contributed by atoms with E-state index in [2.05, 4.69) is 17.6 Å². The SMILES string of the molecule is CC(C)C[C@H](NC(=O)N[C@@H](C(=O)N1CCC(C)CC1)c1ccccc1)C(=O)N(C)C. The van der Waals surface area contributed by atoms with Crippen LogP contribution in [0.1, 0.15) is 51.6 Å². The second kappa shape index (κ2) is 11.0. The van der Waals surface area contributed by atoms with Crippen LogP contribution in [0.15, 0.2) is 30.3 Å². The van der Waals surface area contributed by atoms with Crippen molar-refractivity contribution in [2.24, 2.45) is 11.8 Å². The minimum atomic E-state index is -0.784. The fourth-order valence-electron chi connectivity index (χ4n) is 3.68. The van der Waals surface area contributed by atoms with Crippen molar-refractivity contribution in [1.82, 2.24) is 20.4 Å². The van der Waals surface area contributed by atoms with Gasteiger partial charge in [0.2, 0.25) is 11.8 Å². The Kier molecular flexibility index (Phi) is 8.69. The number of rotatable bonds is 7. The van der Waals surface area contributed by atoms with Crippen molar-refractivity contribution in [2.75, 3.05) is 27.2 Å². The van der Waals surface area contributed by atoms with Gasteiger partial charge in [-0.3, -0.25) is 9.59 Å². The number of hydrogen-bond acceptors (Lipinski definition) is 3. The van der Waals surface area contributed by atoms with Crippen molar-refractivity contribution in [3.63, 3.8) is 0 Å². The van der Waals surface area contributed by atoms with Crippen LogP contribution in [0.2, 0.25) is 0 Å². The first kappa shape index (κ1) is 23.7. The zero-order valence-electron chi connectivity index (χ0n) is 18.9. The van der Waals surface area contributed by atoms with Gasteiger partial charge in [-0.2, -0.15) is 0 Å². The molecule has 2 N–H and O–H groups in total. The Morgan fingerprint density at radius 1 is 1.07 bits per heavy atom. The summed E-state index contributed by atoms with van der Waals surface area (Å²) >= 11 is 0. The van der Waals surface area contributed by atoms with Gasteiger partial charge in [-0.05, 0) is 36.7 Å². The number of nitrogens with one attached hydrogen (secondary N) is 2. The molecule has 0 aromatic heterocycles. The third-order valence-electron chi connectivity index (χ3n) is 5.50. The van der Waals surface area contributed by atoms with Crippen LogP contribution in [-0.4, -0.2) is 60.9 Å². The van der Waals surface area contributed by atoms with Gasteiger partial charge < -0.3 is 20.4 Å². The van der Waals surface area contributed by atoms with E-state index >= 15 is 0 Å². The van der Waals surface area contributed by atoms with Crippen LogP contribution in [0.5, 0.6) is 0 Å². The first-order chi connectivity index (χ1) is 14.2. The Labute approximate surface area is 180 Å². The van der Waals surface area contributed by atoms with Crippen molar-refractivity contribution in [2.45, 2.75) is 52.1 Å². The number of nitrogens with zero attached hydrogens (tertiary/aromatic N) is 2. The fraction of sp³-hybridized carbons (Fsp3) is 0.609. The maximum Gasteiger partial charge on any atom is 0.316 e. The standard InChI is InChI=1S/C23H36N4O3/c1-16(2)15-19(21(28)26(4)5)24-23(30)25-20(18-9-7-6-8-10-18)22(29)27-13-11-17(3)12-14-27/h6-10,16-17,19-20H,11-15H2,1-5H3,(H2,24,25,30)/t19-,20+/m0/s1. The molecule has 1 heterocycles. The zero-order chi connectivity index (χ0) is 22.3. The van der Waals surface area contributed by atoms with Crippen molar-refractivity contribution in [3.05, 3.63) is 35.9 Å². The summed E-state index contributed by atoms with van der Waals surface area (Å²) in [4.78, 5) is 41.9. The van der Waals surface area contributed by atoms with E-state index in [1.54, 1.807) is 14.1 Å². The summed E-state index contributed by atoms with van der Waals surface area (Å²) in [5.74, 6) is 0.574. The number of likely N-dealkylation sites (tertiary alicyclic amines) is 1. The molecule has 166 valence electrons. The highest BCUT2D eigenvalue weighted by Crippen LogP contribution is 2.21. The smallest absolute Gasteiger partial charge is 0.316 e. The first-order valence-corrected chi connectivity index (χ1v) is 10.8. The Morgan fingerprint density at radius 3 is 2.20 bits per heavy atom. The summed E-state index contributed by atoms with van der Waals surface area (Å²) in [5.41, 5.74) is 0.732. The van der Waals surface area contributed by atoms with Crippen LogP contribution in [0, 0.1) is 11.8 Å². The molecule has 1 fully saturated rings. The minimum Gasteiger partial charge on any atom is -0.347 e. The van der Waals surface area contributed by atoms with Gasteiger partial charge in [0.05, 0.1) is 0 Å². The lowest BCUT2D eigenvalue weighted by Gasteiger charge is -2.33. The van der Waals surface area contributed by atoms with E-state index in [-0.39, 0.29) is 17.7 Å². The maximum absolute atomic E-state index is 13.3. The number of carbonyl (C=O) groups excluding carboxylic acids is 3. The highest BCUT2D eigenvalue weighted by Gasteiger charge is 2.31. The highest BCUT2D eigenvalue weighted by atomic mass is 16.2. The first-order valence-electron chi connectivity index (χ1n) is 10.8. The van der Waals surface area contributed by atoms with Gasteiger partial charge in [-0.15, -0.1) is 0 Å². The Morgan fingerprint density at radius 2 is 1.67 bits per heavy atom. The van der Waals surface area contributed by atoms with Crippen molar-refractivity contribution in [1.29, 1.82) is 0 Å². The largest absolute Gasteiger partial charge is 0.347 e. The molecular weight excluding hydrogens is 380 g/mol. The summed E-state index contributed by atoms with van der Waals surface area (Å²) in [6.45, 7) is 7.59. The number of benzene rings is 1. The second-order valence-corrected chi connectivity index (χ2v) is 8.88. The lowest BCUT2D eigenvalue weighted by atomic mass is 9.97. The van der Waals surface area contributed by atoms with Crippen LogP contribution in [0.3, 0.4) is 0 Å². The Bertz CT molecular complexity index is 712. The van der Waals surface area contributed by atoms with Gasteiger partial charge in [0.1, 0.15) is 12.1 Å². The normalized spacial score (nSPS) is 16.7. The van der Waals surface area contributed by atoms with E-state index in [1.165, 1.54) is 4.90 Å². The van der Waals surface area contributed by atoms with Crippen LogP contribution in [-0.2, 0) is 9.59 Å². The summed E-state index contributed by atoms with van der Waals surface area (Å²) in [5, 5.41) is 5.61. The summed E-state index contributed by atoms with van der Waals surface area (Å²) in [6, 6.07) is 7.33. The molecule has 1 saturated heterocycles. The molecule has 1 aromatic rings. The highest BCUT2D eigenvalue weighted by molar-refractivity contribution is 5.91. The average molecular weight is 417 g/mol. The molecule has 30 heavy (non-hydrogen) atoms. The number of carbonyl (C=O) groups is 3. The van der Waals surface area contributed by atoms with Gasteiger partial charge in [0.25, 0.3) is 0 Å². The molecule has 1 aliphatic heterocycles. The second-order valence-electron chi connectivity index (χ2n) is 8.88. The summed E-state index contributed by atoms with van der Waals surface area (Å²) in [7, 11) is 3.34. The van der Waals surface area contributed by atoms with E-state index in [1.807, 2.05) is 49.1 Å². The van der Waals surface area contributed by atoms with E-state index in [4.69, 9.17) is 0 Å². The molecule has 0 radical (unpaired) electrons. The predicted octanol–water partition coefficient (Wildman–Crippen LogP) is 2.79. The number of piperidine rings is 1. The molecule has 0 aliphatic carbocycles. The van der Waals surface area contributed by atoms with E-state index in [9.17, 15) is 14.4 Å². The topological polar surface area (TPSA) is 81.8 Å². The fourth-order valence-corrected chi connectivity index (χ4v) is 3.68. The van der Waals surface area contributed by atoms with Crippen molar-refractivity contribution < 1.29 is 14.4 Å². The monoisotopic (exact) mass is 416 g/mol. The van der Waals surface area contributed by atoms with E-state index in [0.29, 0.717) is 25.4 Å². The zero-order valence-corrected chi connectivity index (χ0v) is 18.9. The van der Waals surface area contributed by atoms with E-state index in [0.717, 1.165) is 18.4 Å². The minimum absolute atomic E-state index is 0.109. The number of hydrogen-bond donors (Lipinski definition) is 2. The maximum atomic E-state index is 13.3. The third kappa shape index (κ3) is 6.75. The molecule has 0 spiro atoms. The van der Waals surface area contributed by atoms with Gasteiger partial charge in [0, 0.05) is 27.2 Å². The summed E-state index contributed by atoms with van der Waals surface area (Å²) in [6.07, 6.45) is 2.46. The number of likely N-dealkylation sites (N-methyl/N-ethyl adjacent to an activating group) is 1. The number of urea groups is 1. The number of amides is 4. The Balaban J connectivity index is 2.15. The average Bonchev–Trinajstić information content (AvgIpc) is 2.71. The van der Waals surface area contributed by atoms with Gasteiger partial charge >= 0.3 is 6.03 Å². The third-order valence-corrected chi connectivity index (χ3v) is 5.50. The molecule has 7 heteroatoms. The lowest BCUT2D eigenvalue weighted by Crippen LogP contribution is -2.53. The van der Waals surface area contributed by atoms with Crippen LogP contribution >= 0.6 is 0 Å². The molecule has 0 saturated carbocycles. The molecule has 2 rings (SSSR count).